The molecule has 0 aliphatic rings. The average molecular weight is 395 g/mol. The van der Waals surface area contributed by atoms with Crippen molar-refractivity contribution < 1.29 is 31.0 Å². The van der Waals surface area contributed by atoms with Crippen molar-refractivity contribution >= 4 is 74.9 Å². The van der Waals surface area contributed by atoms with E-state index in [1.165, 1.54) is 0 Å². The molecule has 34 valence electrons. The third kappa shape index (κ3) is 19.1. The molecule has 0 aliphatic carbocycles. The summed E-state index contributed by atoms with van der Waals surface area (Å²) < 4.78 is 0. The fourth-order valence-electron chi connectivity index (χ4n) is 0. The van der Waals surface area contributed by atoms with Crippen molar-refractivity contribution in [1.82, 2.24) is 0 Å². The molecule has 0 aromatic rings. The van der Waals surface area contributed by atoms with Gasteiger partial charge in [0.15, 0.2) is 0 Å². The molecule has 0 aromatic heterocycles. The van der Waals surface area contributed by atoms with Gasteiger partial charge in [0.05, 0.1) is 0 Å². The van der Waals surface area contributed by atoms with Gasteiger partial charge >= 0.3 is 29.6 Å². The van der Waals surface area contributed by atoms with Crippen molar-refractivity contribution in [2.45, 2.75) is 0 Å². The molecule has 0 N–H and O–H groups in total. The molecular weight excluding hydrogens is 390 g/mol. The molecule has 5 heavy (non-hydrogen) atoms. The van der Waals surface area contributed by atoms with Crippen LogP contribution in [0.4, 0.5) is 0 Å². The normalized spacial score (nSPS) is 0. The van der Waals surface area contributed by atoms with Gasteiger partial charge in [-0.1, -0.05) is 0 Å². The molecule has 0 bridgehead atoms. The average Bonchev–Trinajstić information content (AvgIpc) is 0. The molecule has 0 aromatic carbocycles. The first-order chi connectivity index (χ1) is 0. The molecule has 0 spiro atoms. The van der Waals surface area contributed by atoms with Crippen LogP contribution in [0, 0.1) is 0 Å². The number of halogens is 4. The Bertz CT molecular complexity index is 10.8. The maximum absolute atomic E-state index is 0. The number of hydrogen-bond acceptors (Lipinski definition) is 0. The van der Waals surface area contributed by atoms with Gasteiger partial charge in [-0.3, -0.25) is 0 Å². The fraction of sp³-hybridized carbons (Fsp3) is 0. The van der Waals surface area contributed by atoms with Gasteiger partial charge in [0.2, 0.25) is 0 Å². The van der Waals surface area contributed by atoms with E-state index in [1.54, 1.807) is 0 Å². The van der Waals surface area contributed by atoms with E-state index in [2.05, 4.69) is 0 Å². The predicted octanol–water partition coefficient (Wildman–Crippen LogP) is -0.532. The van der Waals surface area contributed by atoms with Crippen LogP contribution in [-0.2, 0) is 0 Å². The third-order valence-corrected chi connectivity index (χ3v) is 0. The maximum atomic E-state index is 0. The first kappa shape index (κ1) is 41.8. The maximum Gasteiger partial charge on any atom is 1.00 e. The zero-order valence-electron chi connectivity index (χ0n) is 3.63. The molecule has 0 fully saturated rings. The molecular formula is H5Br3INa. The SMILES string of the molecule is Br.Br.Br.I.[H-].[Na+]. The molecule has 0 heterocycles. The van der Waals surface area contributed by atoms with Crippen molar-refractivity contribution in [2.75, 3.05) is 0 Å². The van der Waals surface area contributed by atoms with Crippen LogP contribution in [0.3, 0.4) is 0 Å². The van der Waals surface area contributed by atoms with Crippen LogP contribution in [0.15, 0.2) is 0 Å². The Kier molecular flexibility index (Phi) is 227. The molecule has 0 rings (SSSR count). The van der Waals surface area contributed by atoms with Crippen LogP contribution in [-0.4, -0.2) is 0 Å². The Balaban J connectivity index is 0. The zero-order chi connectivity index (χ0) is 0. The standard InChI is InChI=1S/3BrH.HI.Na.H/h4*1H;;/q;;;;+1;-1. The Morgan fingerprint density at radius 3 is 0.800 bits per heavy atom. The summed E-state index contributed by atoms with van der Waals surface area (Å²) in [5.74, 6) is 0. The largest absolute Gasteiger partial charge is 1.00 e. The third-order valence-electron chi connectivity index (χ3n) is 0. The molecule has 0 atom stereocenters. The van der Waals surface area contributed by atoms with Crippen LogP contribution in [0.1, 0.15) is 1.43 Å². The van der Waals surface area contributed by atoms with Crippen LogP contribution in [0.25, 0.3) is 0 Å². The first-order valence-corrected chi connectivity index (χ1v) is 0. The predicted molar refractivity (Wildman–Crippen MR) is 47.5 cm³/mol. The first-order valence-electron chi connectivity index (χ1n) is 0. The van der Waals surface area contributed by atoms with Gasteiger partial charge in [0, 0.05) is 0 Å². The second-order valence-electron chi connectivity index (χ2n) is 0. The molecule has 0 unspecified atom stereocenters. The summed E-state index contributed by atoms with van der Waals surface area (Å²) in [4.78, 5) is 0. The topological polar surface area (TPSA) is 0 Å². The summed E-state index contributed by atoms with van der Waals surface area (Å²) in [5.41, 5.74) is 0. The molecule has 0 saturated carbocycles. The van der Waals surface area contributed by atoms with E-state index >= 15 is 0 Å². The fourth-order valence-corrected chi connectivity index (χ4v) is 0. The van der Waals surface area contributed by atoms with Gasteiger partial charge in [-0.05, 0) is 0 Å². The summed E-state index contributed by atoms with van der Waals surface area (Å²) in [6.45, 7) is 0. The van der Waals surface area contributed by atoms with Crippen molar-refractivity contribution in [2.24, 2.45) is 0 Å². The minimum Gasteiger partial charge on any atom is -1.00 e. The summed E-state index contributed by atoms with van der Waals surface area (Å²) in [6.07, 6.45) is 0. The summed E-state index contributed by atoms with van der Waals surface area (Å²) in [6, 6.07) is 0. The van der Waals surface area contributed by atoms with E-state index in [-0.39, 0.29) is 106 Å². The molecule has 0 aliphatic heterocycles. The van der Waals surface area contributed by atoms with E-state index in [0.717, 1.165) is 0 Å². The summed E-state index contributed by atoms with van der Waals surface area (Å²) in [5, 5.41) is 0. The molecule has 0 nitrogen and oxygen atoms in total. The monoisotopic (exact) mass is 392 g/mol. The summed E-state index contributed by atoms with van der Waals surface area (Å²) in [7, 11) is 0. The number of rotatable bonds is 0. The van der Waals surface area contributed by atoms with Crippen molar-refractivity contribution in [1.29, 1.82) is 0 Å². The summed E-state index contributed by atoms with van der Waals surface area (Å²) >= 11 is 0. The van der Waals surface area contributed by atoms with Crippen molar-refractivity contribution in [3.63, 3.8) is 0 Å². The van der Waals surface area contributed by atoms with Crippen LogP contribution in [0.5, 0.6) is 0 Å². The minimum atomic E-state index is 0. The molecule has 5 heteroatoms. The smallest absolute Gasteiger partial charge is 1.00 e. The van der Waals surface area contributed by atoms with E-state index in [0.29, 0.717) is 0 Å². The van der Waals surface area contributed by atoms with Crippen molar-refractivity contribution in [3.05, 3.63) is 0 Å². The Labute approximate surface area is 104 Å². The van der Waals surface area contributed by atoms with Gasteiger partial charge < -0.3 is 1.43 Å². The molecule has 0 radical (unpaired) electrons. The Hall–Kier alpha value is 3.17. The van der Waals surface area contributed by atoms with Crippen LogP contribution in [0.2, 0.25) is 0 Å². The van der Waals surface area contributed by atoms with Gasteiger partial charge in [0.1, 0.15) is 0 Å². The number of hydrogen-bond donors (Lipinski definition) is 0. The Morgan fingerprint density at radius 1 is 0.800 bits per heavy atom. The van der Waals surface area contributed by atoms with Gasteiger partial charge in [-0.15, -0.1) is 74.9 Å². The quantitative estimate of drug-likeness (QED) is 0.383. The zero-order valence-corrected chi connectivity index (χ0v) is 12.1. The Morgan fingerprint density at radius 2 is 0.800 bits per heavy atom. The van der Waals surface area contributed by atoms with E-state index in [9.17, 15) is 0 Å². The van der Waals surface area contributed by atoms with E-state index in [4.69, 9.17) is 0 Å². The van der Waals surface area contributed by atoms with Gasteiger partial charge in [-0.2, -0.15) is 0 Å². The second-order valence-corrected chi connectivity index (χ2v) is 0. The van der Waals surface area contributed by atoms with Gasteiger partial charge in [-0.25, -0.2) is 0 Å². The second kappa shape index (κ2) is 27.2. The van der Waals surface area contributed by atoms with Crippen LogP contribution >= 0.6 is 74.9 Å². The van der Waals surface area contributed by atoms with E-state index in [1.807, 2.05) is 0 Å². The van der Waals surface area contributed by atoms with Crippen molar-refractivity contribution in [3.8, 4) is 0 Å². The molecule has 0 saturated heterocycles. The molecule has 0 amide bonds. The van der Waals surface area contributed by atoms with E-state index < -0.39 is 0 Å². The van der Waals surface area contributed by atoms with Gasteiger partial charge in [0.25, 0.3) is 0 Å². The van der Waals surface area contributed by atoms with Crippen LogP contribution < -0.4 is 29.6 Å². The minimum absolute atomic E-state index is 0.